The second kappa shape index (κ2) is 8.41. The van der Waals surface area contributed by atoms with E-state index >= 15 is 0 Å². The Labute approximate surface area is 172 Å². The molecule has 0 aliphatic carbocycles. The van der Waals surface area contributed by atoms with Gasteiger partial charge < -0.3 is 14.7 Å². The highest BCUT2D eigenvalue weighted by molar-refractivity contribution is 5.77. The molecule has 0 unspecified atom stereocenters. The first-order valence-electron chi connectivity index (χ1n) is 10.3. The van der Waals surface area contributed by atoms with Crippen LogP contribution in [0.2, 0.25) is 0 Å². The first-order valence-corrected chi connectivity index (χ1v) is 10.3. The van der Waals surface area contributed by atoms with Crippen LogP contribution in [0.25, 0.3) is 0 Å². The third kappa shape index (κ3) is 4.53. The van der Waals surface area contributed by atoms with Gasteiger partial charge in [-0.3, -0.25) is 14.7 Å². The SMILES string of the molecule is COc1ccc(O)cc1CN1CCC2(CCC(=O)N(Cc3ccncc3)C2)CC1. The molecule has 0 atom stereocenters. The van der Waals surface area contributed by atoms with Crippen LogP contribution in [0, 0.1) is 5.41 Å². The summed E-state index contributed by atoms with van der Waals surface area (Å²) in [6, 6.07) is 9.24. The van der Waals surface area contributed by atoms with Gasteiger partial charge in [0.15, 0.2) is 0 Å². The molecule has 6 heteroatoms. The number of carbonyl (C=O) groups excluding carboxylic acids is 1. The first kappa shape index (κ1) is 19.7. The van der Waals surface area contributed by atoms with Crippen LogP contribution in [0.4, 0.5) is 0 Å². The van der Waals surface area contributed by atoms with Gasteiger partial charge in [-0.05, 0) is 73.7 Å². The van der Waals surface area contributed by atoms with Crippen molar-refractivity contribution in [2.75, 3.05) is 26.7 Å². The van der Waals surface area contributed by atoms with Gasteiger partial charge >= 0.3 is 0 Å². The van der Waals surface area contributed by atoms with Gasteiger partial charge in [0.25, 0.3) is 0 Å². The highest BCUT2D eigenvalue weighted by atomic mass is 16.5. The van der Waals surface area contributed by atoms with Gasteiger partial charge in [0.1, 0.15) is 11.5 Å². The van der Waals surface area contributed by atoms with E-state index in [-0.39, 0.29) is 17.1 Å². The summed E-state index contributed by atoms with van der Waals surface area (Å²) >= 11 is 0. The molecule has 0 saturated carbocycles. The minimum absolute atomic E-state index is 0.223. The summed E-state index contributed by atoms with van der Waals surface area (Å²) in [4.78, 5) is 21.0. The number of hydrogen-bond donors (Lipinski definition) is 1. The predicted molar refractivity (Wildman–Crippen MR) is 110 cm³/mol. The Kier molecular flexibility index (Phi) is 5.72. The van der Waals surface area contributed by atoms with Crippen LogP contribution in [0.1, 0.15) is 36.8 Å². The van der Waals surface area contributed by atoms with Gasteiger partial charge in [0.05, 0.1) is 7.11 Å². The van der Waals surface area contributed by atoms with Gasteiger partial charge in [-0.2, -0.15) is 0 Å². The van der Waals surface area contributed by atoms with Crippen LogP contribution in [-0.4, -0.2) is 52.5 Å². The summed E-state index contributed by atoms with van der Waals surface area (Å²) < 4.78 is 5.45. The number of nitrogens with zero attached hydrogens (tertiary/aromatic N) is 3. The minimum atomic E-state index is 0.223. The summed E-state index contributed by atoms with van der Waals surface area (Å²) in [5, 5.41) is 9.82. The minimum Gasteiger partial charge on any atom is -0.508 e. The van der Waals surface area contributed by atoms with Crippen LogP contribution in [0.5, 0.6) is 11.5 Å². The van der Waals surface area contributed by atoms with Crippen LogP contribution in [-0.2, 0) is 17.9 Å². The maximum absolute atomic E-state index is 12.5. The van der Waals surface area contributed by atoms with Crippen LogP contribution >= 0.6 is 0 Å². The topological polar surface area (TPSA) is 65.9 Å². The third-order valence-corrected chi connectivity index (χ3v) is 6.45. The predicted octanol–water partition coefficient (Wildman–Crippen LogP) is 3.20. The standard InChI is InChI=1S/C23H29N3O3/c1-29-21-3-2-20(27)14-19(21)16-25-12-8-23(9-13-25)7-4-22(28)26(17-23)15-18-5-10-24-11-6-18/h2-3,5-6,10-11,14,27H,4,7-9,12-13,15-17H2,1H3. The van der Waals surface area contributed by atoms with E-state index < -0.39 is 0 Å². The van der Waals surface area contributed by atoms with Crippen molar-refractivity contribution in [3.63, 3.8) is 0 Å². The number of aromatic nitrogens is 1. The number of likely N-dealkylation sites (tertiary alicyclic amines) is 2. The molecule has 2 aliphatic heterocycles. The molecule has 4 rings (SSSR count). The Balaban J connectivity index is 1.38. The lowest BCUT2D eigenvalue weighted by molar-refractivity contribution is -0.140. The van der Waals surface area contributed by atoms with Crippen molar-refractivity contribution < 1.29 is 14.6 Å². The second-order valence-electron chi connectivity index (χ2n) is 8.38. The first-order chi connectivity index (χ1) is 14.1. The van der Waals surface area contributed by atoms with E-state index in [1.54, 1.807) is 31.6 Å². The molecule has 1 amide bonds. The number of phenols is 1. The Bertz CT molecular complexity index is 848. The van der Waals surface area contributed by atoms with E-state index in [1.165, 1.54) is 0 Å². The fourth-order valence-corrected chi connectivity index (χ4v) is 4.68. The maximum Gasteiger partial charge on any atom is 0.222 e. The van der Waals surface area contributed by atoms with Crippen molar-refractivity contribution in [2.24, 2.45) is 5.41 Å². The molecule has 154 valence electrons. The molecule has 1 aromatic heterocycles. The second-order valence-corrected chi connectivity index (χ2v) is 8.38. The monoisotopic (exact) mass is 395 g/mol. The summed E-state index contributed by atoms with van der Waals surface area (Å²) in [5.74, 6) is 1.35. The summed E-state index contributed by atoms with van der Waals surface area (Å²) in [5.41, 5.74) is 2.38. The Morgan fingerprint density at radius 1 is 1.10 bits per heavy atom. The normalized spacial score (nSPS) is 19.5. The zero-order valence-electron chi connectivity index (χ0n) is 17.0. The lowest BCUT2D eigenvalue weighted by Gasteiger charge is -2.47. The number of benzene rings is 1. The van der Waals surface area contributed by atoms with Gasteiger partial charge in [-0.1, -0.05) is 0 Å². The molecule has 6 nitrogen and oxygen atoms in total. The maximum atomic E-state index is 12.5. The molecule has 3 heterocycles. The number of piperidine rings is 2. The number of aromatic hydroxyl groups is 1. The van der Waals surface area contributed by atoms with E-state index in [2.05, 4.69) is 9.88 Å². The summed E-state index contributed by atoms with van der Waals surface area (Å²) in [7, 11) is 1.66. The number of phenolic OH excluding ortho intramolecular Hbond substituents is 1. The van der Waals surface area contributed by atoms with E-state index in [0.717, 1.165) is 62.3 Å². The van der Waals surface area contributed by atoms with Crippen LogP contribution < -0.4 is 4.74 Å². The van der Waals surface area contributed by atoms with Crippen molar-refractivity contribution in [1.82, 2.24) is 14.8 Å². The number of ether oxygens (including phenoxy) is 1. The molecule has 1 aromatic carbocycles. The van der Waals surface area contributed by atoms with E-state index in [1.807, 2.05) is 23.1 Å². The molecule has 1 N–H and O–H groups in total. The number of pyridine rings is 1. The molecule has 2 aromatic rings. The quantitative estimate of drug-likeness (QED) is 0.842. The molecule has 2 fully saturated rings. The number of hydrogen-bond acceptors (Lipinski definition) is 5. The average Bonchev–Trinajstić information content (AvgIpc) is 2.74. The molecule has 0 bridgehead atoms. The van der Waals surface area contributed by atoms with E-state index in [0.29, 0.717) is 13.0 Å². The van der Waals surface area contributed by atoms with Crippen molar-refractivity contribution in [2.45, 2.75) is 38.8 Å². The fourth-order valence-electron chi connectivity index (χ4n) is 4.68. The van der Waals surface area contributed by atoms with Crippen molar-refractivity contribution in [1.29, 1.82) is 0 Å². The van der Waals surface area contributed by atoms with Gasteiger partial charge in [-0.25, -0.2) is 0 Å². The number of rotatable bonds is 5. The lowest BCUT2D eigenvalue weighted by atomic mass is 9.72. The zero-order chi connectivity index (χ0) is 20.3. The van der Waals surface area contributed by atoms with Crippen molar-refractivity contribution in [3.8, 4) is 11.5 Å². The molecule has 1 spiro atoms. The molecule has 2 aliphatic rings. The van der Waals surface area contributed by atoms with E-state index in [4.69, 9.17) is 4.74 Å². The van der Waals surface area contributed by atoms with Crippen LogP contribution in [0.3, 0.4) is 0 Å². The Morgan fingerprint density at radius 3 is 2.59 bits per heavy atom. The smallest absolute Gasteiger partial charge is 0.222 e. The average molecular weight is 396 g/mol. The van der Waals surface area contributed by atoms with Gasteiger partial charge in [-0.15, -0.1) is 0 Å². The highest BCUT2D eigenvalue weighted by Crippen LogP contribution is 2.41. The van der Waals surface area contributed by atoms with Gasteiger partial charge in [0.2, 0.25) is 5.91 Å². The number of carbonyl (C=O) groups is 1. The molecular formula is C23H29N3O3. The summed E-state index contributed by atoms with van der Waals surface area (Å²) in [6.07, 6.45) is 7.39. The molecule has 29 heavy (non-hydrogen) atoms. The Hall–Kier alpha value is -2.60. The molecule has 0 radical (unpaired) electrons. The van der Waals surface area contributed by atoms with Crippen molar-refractivity contribution >= 4 is 5.91 Å². The fraction of sp³-hybridized carbons (Fsp3) is 0.478. The highest BCUT2D eigenvalue weighted by Gasteiger charge is 2.40. The van der Waals surface area contributed by atoms with E-state index in [9.17, 15) is 9.90 Å². The number of amides is 1. The lowest BCUT2D eigenvalue weighted by Crippen LogP contribution is -2.51. The Morgan fingerprint density at radius 2 is 1.86 bits per heavy atom. The number of methoxy groups -OCH3 is 1. The zero-order valence-corrected chi connectivity index (χ0v) is 17.0. The van der Waals surface area contributed by atoms with Crippen molar-refractivity contribution in [3.05, 3.63) is 53.9 Å². The largest absolute Gasteiger partial charge is 0.508 e. The summed E-state index contributed by atoms with van der Waals surface area (Å²) in [6.45, 7) is 4.28. The molecule has 2 saturated heterocycles. The third-order valence-electron chi connectivity index (χ3n) is 6.45. The molecular weight excluding hydrogens is 366 g/mol. The van der Waals surface area contributed by atoms with Crippen LogP contribution in [0.15, 0.2) is 42.7 Å². The van der Waals surface area contributed by atoms with Gasteiger partial charge in [0, 0.05) is 44.0 Å².